The van der Waals surface area contributed by atoms with Gasteiger partial charge >= 0.3 is 0 Å². The third-order valence-corrected chi connectivity index (χ3v) is 3.18. The largest absolute Gasteiger partial charge is 0.370 e. The first-order chi connectivity index (χ1) is 8.09. The van der Waals surface area contributed by atoms with Crippen molar-refractivity contribution in [3.8, 4) is 0 Å². The predicted molar refractivity (Wildman–Crippen MR) is 71.1 cm³/mol. The standard InChI is InChI=1S/C15H15ClO/c1-12-7-5-6-10-14(12)15(16,17)11-13-8-3-2-4-9-13/h2-10,17H,11H2,1H3. The minimum Gasteiger partial charge on any atom is -0.370 e. The number of rotatable bonds is 3. The van der Waals surface area contributed by atoms with E-state index in [0.29, 0.717) is 6.42 Å². The van der Waals surface area contributed by atoms with Crippen LogP contribution in [-0.4, -0.2) is 5.11 Å². The predicted octanol–water partition coefficient (Wildman–Crippen LogP) is 3.62. The first-order valence-corrected chi connectivity index (χ1v) is 5.99. The normalized spacial score (nSPS) is 14.3. The van der Waals surface area contributed by atoms with Gasteiger partial charge < -0.3 is 5.11 Å². The maximum absolute atomic E-state index is 10.4. The molecule has 0 saturated carbocycles. The number of hydrogen-bond acceptors (Lipinski definition) is 1. The van der Waals surface area contributed by atoms with Crippen LogP contribution in [0.2, 0.25) is 0 Å². The van der Waals surface area contributed by atoms with Crippen LogP contribution < -0.4 is 0 Å². The molecule has 0 aromatic heterocycles. The average Bonchev–Trinajstić information content (AvgIpc) is 2.30. The minimum absolute atomic E-state index is 0.403. The quantitative estimate of drug-likeness (QED) is 0.821. The van der Waals surface area contributed by atoms with E-state index in [-0.39, 0.29) is 0 Å². The van der Waals surface area contributed by atoms with Crippen molar-refractivity contribution in [3.63, 3.8) is 0 Å². The van der Waals surface area contributed by atoms with Crippen LogP contribution in [0, 0.1) is 6.92 Å². The molecule has 88 valence electrons. The van der Waals surface area contributed by atoms with Gasteiger partial charge in [-0.25, -0.2) is 0 Å². The summed E-state index contributed by atoms with van der Waals surface area (Å²) in [6, 6.07) is 17.4. The van der Waals surface area contributed by atoms with Gasteiger partial charge in [0.25, 0.3) is 0 Å². The summed E-state index contributed by atoms with van der Waals surface area (Å²) in [7, 11) is 0. The van der Waals surface area contributed by atoms with Crippen LogP contribution in [0.5, 0.6) is 0 Å². The lowest BCUT2D eigenvalue weighted by Gasteiger charge is -2.23. The van der Waals surface area contributed by atoms with E-state index >= 15 is 0 Å². The summed E-state index contributed by atoms with van der Waals surface area (Å²) in [6.07, 6.45) is 0.403. The van der Waals surface area contributed by atoms with Crippen LogP contribution in [0.15, 0.2) is 54.6 Å². The maximum atomic E-state index is 10.4. The Morgan fingerprint density at radius 2 is 1.59 bits per heavy atom. The zero-order valence-corrected chi connectivity index (χ0v) is 10.5. The minimum atomic E-state index is -1.34. The lowest BCUT2D eigenvalue weighted by molar-refractivity contribution is 0.128. The van der Waals surface area contributed by atoms with Gasteiger partial charge in [0.2, 0.25) is 0 Å². The number of alkyl halides is 1. The summed E-state index contributed by atoms with van der Waals surface area (Å²) in [6.45, 7) is 1.95. The Balaban J connectivity index is 2.28. The highest BCUT2D eigenvalue weighted by Crippen LogP contribution is 2.32. The lowest BCUT2D eigenvalue weighted by atomic mass is 9.97. The molecule has 0 aliphatic rings. The van der Waals surface area contributed by atoms with Gasteiger partial charge in [0.1, 0.15) is 0 Å². The number of aliphatic hydroxyl groups is 1. The van der Waals surface area contributed by atoms with Gasteiger partial charge in [-0.2, -0.15) is 0 Å². The van der Waals surface area contributed by atoms with E-state index in [1.807, 2.05) is 61.5 Å². The molecule has 0 radical (unpaired) electrons. The van der Waals surface area contributed by atoms with E-state index in [2.05, 4.69) is 0 Å². The van der Waals surface area contributed by atoms with E-state index in [1.54, 1.807) is 0 Å². The molecule has 0 spiro atoms. The van der Waals surface area contributed by atoms with Crippen LogP contribution in [-0.2, 0) is 11.5 Å². The second-order valence-corrected chi connectivity index (χ2v) is 4.86. The fourth-order valence-corrected chi connectivity index (χ4v) is 2.33. The zero-order valence-electron chi connectivity index (χ0n) is 9.73. The van der Waals surface area contributed by atoms with E-state index in [0.717, 1.165) is 16.7 Å². The first kappa shape index (κ1) is 12.2. The molecule has 1 unspecified atom stereocenters. The maximum Gasteiger partial charge on any atom is 0.168 e. The van der Waals surface area contributed by atoms with E-state index in [4.69, 9.17) is 11.6 Å². The van der Waals surface area contributed by atoms with Crippen LogP contribution in [0.3, 0.4) is 0 Å². The highest BCUT2D eigenvalue weighted by atomic mass is 35.5. The summed E-state index contributed by atoms with van der Waals surface area (Å²) < 4.78 is 0. The highest BCUT2D eigenvalue weighted by Gasteiger charge is 2.27. The van der Waals surface area contributed by atoms with Gasteiger partial charge in [-0.05, 0) is 18.1 Å². The molecule has 0 saturated heterocycles. The van der Waals surface area contributed by atoms with Crippen molar-refractivity contribution in [2.45, 2.75) is 18.4 Å². The molecule has 2 rings (SSSR count). The van der Waals surface area contributed by atoms with Gasteiger partial charge in [0, 0.05) is 12.0 Å². The molecule has 17 heavy (non-hydrogen) atoms. The third-order valence-electron chi connectivity index (χ3n) is 2.84. The van der Waals surface area contributed by atoms with E-state index < -0.39 is 5.06 Å². The number of hydrogen-bond donors (Lipinski definition) is 1. The van der Waals surface area contributed by atoms with Gasteiger partial charge in [0.05, 0.1) is 0 Å². The fraction of sp³-hybridized carbons (Fsp3) is 0.200. The van der Waals surface area contributed by atoms with Crippen LogP contribution in [0.1, 0.15) is 16.7 Å². The van der Waals surface area contributed by atoms with Crippen molar-refractivity contribution in [2.24, 2.45) is 0 Å². The zero-order chi connectivity index (χ0) is 12.3. The van der Waals surface area contributed by atoms with E-state index in [1.165, 1.54) is 0 Å². The van der Waals surface area contributed by atoms with Crippen molar-refractivity contribution in [3.05, 3.63) is 71.3 Å². The number of halogens is 1. The molecule has 2 heteroatoms. The van der Waals surface area contributed by atoms with Crippen molar-refractivity contribution < 1.29 is 5.11 Å². The summed E-state index contributed by atoms with van der Waals surface area (Å²) in [5.41, 5.74) is 2.79. The van der Waals surface area contributed by atoms with Crippen molar-refractivity contribution in [1.82, 2.24) is 0 Å². The van der Waals surface area contributed by atoms with Crippen molar-refractivity contribution in [2.75, 3.05) is 0 Å². The Morgan fingerprint density at radius 1 is 1.00 bits per heavy atom. The van der Waals surface area contributed by atoms with Crippen molar-refractivity contribution in [1.29, 1.82) is 0 Å². The molecular weight excluding hydrogens is 232 g/mol. The Bertz CT molecular complexity index is 491. The van der Waals surface area contributed by atoms with Gasteiger partial charge in [0.15, 0.2) is 5.06 Å². The Labute approximate surface area is 107 Å². The molecule has 0 heterocycles. The van der Waals surface area contributed by atoms with Crippen LogP contribution >= 0.6 is 11.6 Å². The molecule has 0 amide bonds. The van der Waals surface area contributed by atoms with Gasteiger partial charge in [-0.15, -0.1) is 0 Å². The topological polar surface area (TPSA) is 20.2 Å². The smallest absolute Gasteiger partial charge is 0.168 e. The Kier molecular flexibility index (Phi) is 3.51. The third kappa shape index (κ3) is 2.87. The summed E-state index contributed by atoms with van der Waals surface area (Å²) >= 11 is 6.26. The molecule has 2 aromatic rings. The van der Waals surface area contributed by atoms with E-state index in [9.17, 15) is 5.11 Å². The monoisotopic (exact) mass is 246 g/mol. The second kappa shape index (κ2) is 4.91. The first-order valence-electron chi connectivity index (χ1n) is 5.61. The summed E-state index contributed by atoms with van der Waals surface area (Å²) in [4.78, 5) is 0. The number of benzene rings is 2. The highest BCUT2D eigenvalue weighted by molar-refractivity contribution is 6.23. The molecule has 1 N–H and O–H groups in total. The molecule has 2 aromatic carbocycles. The molecule has 1 atom stereocenters. The molecule has 0 fully saturated rings. The Morgan fingerprint density at radius 3 is 2.24 bits per heavy atom. The van der Waals surface area contributed by atoms with Crippen molar-refractivity contribution >= 4 is 11.6 Å². The SMILES string of the molecule is Cc1ccccc1C(O)(Cl)Cc1ccccc1. The summed E-state index contributed by atoms with van der Waals surface area (Å²) in [5.74, 6) is 0. The molecule has 1 nitrogen and oxygen atoms in total. The fourth-order valence-electron chi connectivity index (χ4n) is 1.96. The Hall–Kier alpha value is -1.31. The molecule has 0 aliphatic heterocycles. The molecular formula is C15H15ClO. The average molecular weight is 247 g/mol. The van der Waals surface area contributed by atoms with Gasteiger partial charge in [-0.3, -0.25) is 0 Å². The molecule has 0 aliphatic carbocycles. The lowest BCUT2D eigenvalue weighted by Crippen LogP contribution is -2.22. The summed E-state index contributed by atoms with van der Waals surface area (Å²) in [5, 5.41) is 9.04. The van der Waals surface area contributed by atoms with Gasteiger partial charge in [-0.1, -0.05) is 66.2 Å². The van der Waals surface area contributed by atoms with Crippen LogP contribution in [0.4, 0.5) is 0 Å². The second-order valence-electron chi connectivity index (χ2n) is 4.24. The number of aryl methyl sites for hydroxylation is 1. The van der Waals surface area contributed by atoms with Crippen LogP contribution in [0.25, 0.3) is 0 Å². The molecule has 0 bridgehead atoms.